The Morgan fingerprint density at radius 2 is 2.47 bits per heavy atom. The van der Waals surface area contributed by atoms with Gasteiger partial charge in [-0.3, -0.25) is 4.68 Å². The van der Waals surface area contributed by atoms with E-state index in [-0.39, 0.29) is 0 Å². The van der Waals surface area contributed by atoms with Crippen LogP contribution in [0, 0.1) is 11.3 Å². The molecule has 4 nitrogen and oxygen atoms in total. The van der Waals surface area contributed by atoms with Crippen LogP contribution in [0.2, 0.25) is 5.02 Å². The first kappa shape index (κ1) is 12.0. The van der Waals surface area contributed by atoms with Crippen molar-refractivity contribution in [3.63, 3.8) is 0 Å². The van der Waals surface area contributed by atoms with Crippen LogP contribution in [-0.2, 0) is 6.54 Å². The Morgan fingerprint density at radius 3 is 2.93 bits per heavy atom. The van der Waals surface area contributed by atoms with E-state index in [9.17, 15) is 0 Å². The molecule has 0 aliphatic carbocycles. The van der Waals surface area contributed by atoms with E-state index in [1.165, 1.54) is 0 Å². The van der Waals surface area contributed by atoms with E-state index in [4.69, 9.17) is 16.9 Å². The summed E-state index contributed by atoms with van der Waals surface area (Å²) in [7, 11) is 1.80. The van der Waals surface area contributed by atoms with E-state index in [0.717, 1.165) is 19.4 Å². The lowest BCUT2D eigenvalue weighted by atomic mass is 9.98. The summed E-state index contributed by atoms with van der Waals surface area (Å²) < 4.78 is 1.79. The van der Waals surface area contributed by atoms with Gasteiger partial charge in [-0.2, -0.15) is 10.4 Å². The third kappa shape index (κ3) is 3.54. The minimum absolute atomic E-state index is 0.447. The van der Waals surface area contributed by atoms with Crippen molar-refractivity contribution < 1.29 is 0 Å². The fourth-order valence-electron chi connectivity index (χ4n) is 1.29. The molecular weight excluding hydrogens is 212 g/mol. The summed E-state index contributed by atoms with van der Waals surface area (Å²) in [4.78, 5) is 0. The van der Waals surface area contributed by atoms with E-state index in [0.29, 0.717) is 5.02 Å². The first-order valence-corrected chi connectivity index (χ1v) is 5.25. The summed E-state index contributed by atoms with van der Waals surface area (Å²) in [5.41, 5.74) is -0.447. The summed E-state index contributed by atoms with van der Waals surface area (Å²) in [6, 6.07) is 2.25. The lowest BCUT2D eigenvalue weighted by Crippen LogP contribution is -2.38. The number of hydrogen-bond donors (Lipinski definition) is 1. The maximum absolute atomic E-state index is 8.93. The zero-order valence-corrected chi connectivity index (χ0v) is 9.75. The number of nitriles is 1. The molecule has 1 N–H and O–H groups in total. The predicted octanol–water partition coefficient (Wildman–Crippen LogP) is 1.82. The van der Waals surface area contributed by atoms with Crippen molar-refractivity contribution in [3.8, 4) is 6.07 Å². The van der Waals surface area contributed by atoms with Gasteiger partial charge < -0.3 is 5.32 Å². The van der Waals surface area contributed by atoms with E-state index >= 15 is 0 Å². The fourth-order valence-corrected chi connectivity index (χ4v) is 1.45. The molecule has 82 valence electrons. The molecule has 0 aromatic carbocycles. The molecule has 1 aromatic rings. The summed E-state index contributed by atoms with van der Waals surface area (Å²) in [6.45, 7) is 2.68. The van der Waals surface area contributed by atoms with Crippen molar-refractivity contribution in [2.75, 3.05) is 7.05 Å². The second-order valence-electron chi connectivity index (χ2n) is 3.72. The SMILES string of the molecule is CNC(C)(C#N)CCCn1cc(Cl)cn1. The third-order valence-electron chi connectivity index (χ3n) is 2.46. The molecule has 15 heavy (non-hydrogen) atoms. The number of hydrogen-bond acceptors (Lipinski definition) is 3. The van der Waals surface area contributed by atoms with Crippen molar-refractivity contribution in [2.45, 2.75) is 31.8 Å². The summed E-state index contributed by atoms with van der Waals surface area (Å²) in [5.74, 6) is 0. The Kier molecular flexibility index (Phi) is 4.13. The Labute approximate surface area is 94.8 Å². The van der Waals surface area contributed by atoms with Gasteiger partial charge in [-0.1, -0.05) is 11.6 Å². The monoisotopic (exact) mass is 226 g/mol. The maximum Gasteiger partial charge on any atom is 0.103 e. The zero-order valence-electron chi connectivity index (χ0n) is 9.00. The number of aryl methyl sites for hydroxylation is 1. The smallest absolute Gasteiger partial charge is 0.103 e. The molecule has 5 heteroatoms. The molecule has 1 atom stereocenters. The maximum atomic E-state index is 8.93. The second kappa shape index (κ2) is 5.15. The van der Waals surface area contributed by atoms with Crippen LogP contribution in [0.5, 0.6) is 0 Å². The molecule has 0 aliphatic rings. The normalized spacial score (nSPS) is 14.5. The highest BCUT2D eigenvalue weighted by Crippen LogP contribution is 2.12. The van der Waals surface area contributed by atoms with Crippen LogP contribution in [-0.4, -0.2) is 22.4 Å². The third-order valence-corrected chi connectivity index (χ3v) is 2.66. The number of rotatable bonds is 5. The van der Waals surface area contributed by atoms with Crippen LogP contribution in [0.3, 0.4) is 0 Å². The molecule has 0 saturated heterocycles. The minimum Gasteiger partial charge on any atom is -0.303 e. The van der Waals surface area contributed by atoms with Gasteiger partial charge in [0.15, 0.2) is 0 Å². The largest absolute Gasteiger partial charge is 0.303 e. The first-order valence-electron chi connectivity index (χ1n) is 4.88. The highest BCUT2D eigenvalue weighted by atomic mass is 35.5. The van der Waals surface area contributed by atoms with E-state index in [1.807, 2.05) is 6.92 Å². The van der Waals surface area contributed by atoms with E-state index in [1.54, 1.807) is 24.1 Å². The molecule has 0 aliphatic heterocycles. The average molecular weight is 227 g/mol. The van der Waals surface area contributed by atoms with Crippen LogP contribution in [0.4, 0.5) is 0 Å². The number of halogens is 1. The Bertz CT molecular complexity index is 355. The van der Waals surface area contributed by atoms with E-state index in [2.05, 4.69) is 16.5 Å². The minimum atomic E-state index is -0.447. The summed E-state index contributed by atoms with van der Waals surface area (Å²) >= 11 is 5.74. The van der Waals surface area contributed by atoms with Gasteiger partial charge in [0, 0.05) is 12.7 Å². The standard InChI is InChI=1S/C10H15ClN4/c1-10(8-12,13-2)4-3-5-15-7-9(11)6-14-15/h6-7,13H,3-5H2,1-2H3. The molecular formula is C10H15ClN4. The van der Waals surface area contributed by atoms with Gasteiger partial charge in [0.25, 0.3) is 0 Å². The van der Waals surface area contributed by atoms with Crippen LogP contribution in [0.25, 0.3) is 0 Å². The van der Waals surface area contributed by atoms with Crippen LogP contribution < -0.4 is 5.32 Å². The lowest BCUT2D eigenvalue weighted by Gasteiger charge is -2.20. The number of nitrogens with zero attached hydrogens (tertiary/aromatic N) is 3. The zero-order chi connectivity index (χ0) is 11.3. The summed E-state index contributed by atoms with van der Waals surface area (Å²) in [5, 5.41) is 16.6. The topological polar surface area (TPSA) is 53.6 Å². The van der Waals surface area contributed by atoms with Gasteiger partial charge in [0.1, 0.15) is 5.54 Å². The van der Waals surface area contributed by atoms with Gasteiger partial charge in [0.2, 0.25) is 0 Å². The number of aromatic nitrogens is 2. The van der Waals surface area contributed by atoms with Gasteiger partial charge in [0.05, 0.1) is 17.3 Å². The van der Waals surface area contributed by atoms with E-state index < -0.39 is 5.54 Å². The molecule has 1 rings (SSSR count). The highest BCUT2D eigenvalue weighted by molar-refractivity contribution is 6.30. The molecule has 1 unspecified atom stereocenters. The Morgan fingerprint density at radius 1 is 1.73 bits per heavy atom. The van der Waals surface area contributed by atoms with Gasteiger partial charge in [-0.05, 0) is 26.8 Å². The fraction of sp³-hybridized carbons (Fsp3) is 0.600. The van der Waals surface area contributed by atoms with Gasteiger partial charge in [-0.25, -0.2) is 0 Å². The quantitative estimate of drug-likeness (QED) is 0.833. The molecule has 1 heterocycles. The molecule has 1 aromatic heterocycles. The average Bonchev–Trinajstić information content (AvgIpc) is 2.64. The van der Waals surface area contributed by atoms with Crippen molar-refractivity contribution >= 4 is 11.6 Å². The van der Waals surface area contributed by atoms with Gasteiger partial charge >= 0.3 is 0 Å². The van der Waals surface area contributed by atoms with Crippen LogP contribution in [0.1, 0.15) is 19.8 Å². The molecule has 0 spiro atoms. The predicted molar refractivity (Wildman–Crippen MR) is 59.5 cm³/mol. The second-order valence-corrected chi connectivity index (χ2v) is 4.16. The number of nitrogens with one attached hydrogen (secondary N) is 1. The van der Waals surface area contributed by atoms with Crippen LogP contribution in [0.15, 0.2) is 12.4 Å². The van der Waals surface area contributed by atoms with Gasteiger partial charge in [-0.15, -0.1) is 0 Å². The van der Waals surface area contributed by atoms with Crippen LogP contribution >= 0.6 is 11.6 Å². The molecule has 0 radical (unpaired) electrons. The highest BCUT2D eigenvalue weighted by Gasteiger charge is 2.19. The Hall–Kier alpha value is -1.05. The lowest BCUT2D eigenvalue weighted by molar-refractivity contribution is 0.415. The summed E-state index contributed by atoms with van der Waals surface area (Å²) in [6.07, 6.45) is 5.08. The van der Waals surface area contributed by atoms with Crippen molar-refractivity contribution in [1.82, 2.24) is 15.1 Å². The van der Waals surface area contributed by atoms with Crippen molar-refractivity contribution in [2.24, 2.45) is 0 Å². The van der Waals surface area contributed by atoms with Crippen molar-refractivity contribution in [3.05, 3.63) is 17.4 Å². The molecule has 0 saturated carbocycles. The Balaban J connectivity index is 2.37. The molecule has 0 bridgehead atoms. The molecule has 0 fully saturated rings. The first-order chi connectivity index (χ1) is 7.09. The van der Waals surface area contributed by atoms with Crippen molar-refractivity contribution in [1.29, 1.82) is 5.26 Å². The molecule has 0 amide bonds.